The lowest BCUT2D eigenvalue weighted by Crippen LogP contribution is -2.49. The van der Waals surface area contributed by atoms with Crippen LogP contribution in [0.2, 0.25) is 0 Å². The maximum atomic E-state index is 12.6. The molecule has 1 amide bonds. The van der Waals surface area contributed by atoms with Crippen molar-refractivity contribution in [3.63, 3.8) is 0 Å². The lowest BCUT2D eigenvalue weighted by atomic mass is 9.86. The van der Waals surface area contributed by atoms with Crippen molar-refractivity contribution < 1.29 is 4.79 Å². The summed E-state index contributed by atoms with van der Waals surface area (Å²) in [5.41, 5.74) is 0.848. The van der Waals surface area contributed by atoms with E-state index in [1.54, 1.807) is 11.0 Å². The first-order chi connectivity index (χ1) is 12.2. The number of rotatable bonds is 3. The SMILES string of the molecule is Cn1ncc2c(N3CCN(C(=O)CC4CCCCC4)CC3)ncnc21. The van der Waals surface area contributed by atoms with Crippen molar-refractivity contribution in [3.8, 4) is 0 Å². The van der Waals surface area contributed by atoms with Gasteiger partial charge in [-0.2, -0.15) is 5.10 Å². The van der Waals surface area contributed by atoms with Gasteiger partial charge in [0.15, 0.2) is 5.65 Å². The molecule has 1 aliphatic heterocycles. The predicted octanol–water partition coefficient (Wildman–Crippen LogP) is 1.98. The topological polar surface area (TPSA) is 67.2 Å². The molecule has 0 bridgehead atoms. The number of hydrogen-bond donors (Lipinski definition) is 0. The van der Waals surface area contributed by atoms with Crippen LogP contribution in [0.5, 0.6) is 0 Å². The fraction of sp³-hybridized carbons (Fsp3) is 0.667. The molecular formula is C18H26N6O. The highest BCUT2D eigenvalue weighted by molar-refractivity contribution is 5.86. The van der Waals surface area contributed by atoms with Crippen molar-refractivity contribution in [1.29, 1.82) is 0 Å². The zero-order chi connectivity index (χ0) is 17.2. The van der Waals surface area contributed by atoms with Crippen molar-refractivity contribution in [2.45, 2.75) is 38.5 Å². The second-order valence-corrected chi connectivity index (χ2v) is 7.28. The zero-order valence-electron chi connectivity index (χ0n) is 14.9. The summed E-state index contributed by atoms with van der Waals surface area (Å²) in [6.45, 7) is 3.18. The number of hydrogen-bond acceptors (Lipinski definition) is 5. The standard InChI is InChI=1S/C18H26N6O/c1-22-17-15(12-21-22)18(20-13-19-17)24-9-7-23(8-10-24)16(25)11-14-5-3-2-4-6-14/h12-14H,2-11H2,1H3. The van der Waals surface area contributed by atoms with Crippen LogP contribution >= 0.6 is 0 Å². The number of aryl methyl sites for hydroxylation is 1. The molecule has 0 spiro atoms. The average Bonchev–Trinajstić information content (AvgIpc) is 3.04. The van der Waals surface area contributed by atoms with Gasteiger partial charge in [0.2, 0.25) is 5.91 Å². The monoisotopic (exact) mass is 342 g/mol. The van der Waals surface area contributed by atoms with Crippen molar-refractivity contribution in [2.75, 3.05) is 31.1 Å². The van der Waals surface area contributed by atoms with Crippen LogP contribution in [0.15, 0.2) is 12.5 Å². The van der Waals surface area contributed by atoms with Crippen molar-refractivity contribution in [1.82, 2.24) is 24.6 Å². The van der Waals surface area contributed by atoms with Crippen LogP contribution < -0.4 is 4.90 Å². The van der Waals surface area contributed by atoms with E-state index in [9.17, 15) is 4.79 Å². The number of carbonyl (C=O) groups is 1. The third-order valence-corrected chi connectivity index (χ3v) is 5.63. The van der Waals surface area contributed by atoms with Gasteiger partial charge < -0.3 is 9.80 Å². The van der Waals surface area contributed by atoms with Gasteiger partial charge in [-0.3, -0.25) is 9.48 Å². The molecule has 0 unspecified atom stereocenters. The van der Waals surface area contributed by atoms with E-state index in [0.29, 0.717) is 11.8 Å². The second-order valence-electron chi connectivity index (χ2n) is 7.28. The molecule has 3 heterocycles. The van der Waals surface area contributed by atoms with E-state index in [-0.39, 0.29) is 0 Å². The van der Waals surface area contributed by atoms with Gasteiger partial charge in [0, 0.05) is 39.6 Å². The summed E-state index contributed by atoms with van der Waals surface area (Å²) < 4.78 is 1.77. The van der Waals surface area contributed by atoms with Crippen LogP contribution in [0.25, 0.3) is 11.0 Å². The molecule has 7 heteroatoms. The van der Waals surface area contributed by atoms with Gasteiger partial charge in [-0.25, -0.2) is 9.97 Å². The second kappa shape index (κ2) is 6.98. The summed E-state index contributed by atoms with van der Waals surface area (Å²) in [5, 5.41) is 5.26. The Bertz CT molecular complexity index is 743. The molecule has 4 rings (SSSR count). The third-order valence-electron chi connectivity index (χ3n) is 5.63. The maximum Gasteiger partial charge on any atom is 0.222 e. The molecule has 1 saturated heterocycles. The predicted molar refractivity (Wildman–Crippen MR) is 96.3 cm³/mol. The van der Waals surface area contributed by atoms with E-state index in [4.69, 9.17) is 0 Å². The minimum Gasteiger partial charge on any atom is -0.352 e. The fourth-order valence-corrected chi connectivity index (χ4v) is 4.14. The summed E-state index contributed by atoms with van der Waals surface area (Å²) >= 11 is 0. The number of amides is 1. The zero-order valence-corrected chi connectivity index (χ0v) is 14.9. The highest BCUT2D eigenvalue weighted by atomic mass is 16.2. The summed E-state index contributed by atoms with van der Waals surface area (Å²) in [6, 6.07) is 0. The van der Waals surface area contributed by atoms with Crippen LogP contribution in [0.3, 0.4) is 0 Å². The molecule has 1 saturated carbocycles. The Labute approximate surface area is 148 Å². The molecule has 0 atom stereocenters. The van der Waals surface area contributed by atoms with Gasteiger partial charge in [0.25, 0.3) is 0 Å². The van der Waals surface area contributed by atoms with E-state index in [2.05, 4.69) is 20.0 Å². The van der Waals surface area contributed by atoms with E-state index in [1.807, 2.05) is 18.1 Å². The normalized spacial score (nSPS) is 19.6. The number of fused-ring (bicyclic) bond motifs is 1. The quantitative estimate of drug-likeness (QED) is 0.853. The van der Waals surface area contributed by atoms with Crippen LogP contribution in [-0.4, -0.2) is 56.7 Å². The average molecular weight is 342 g/mol. The summed E-state index contributed by atoms with van der Waals surface area (Å²) in [5.74, 6) is 1.87. The number of anilines is 1. The van der Waals surface area contributed by atoms with Crippen LogP contribution in [-0.2, 0) is 11.8 Å². The van der Waals surface area contributed by atoms with Gasteiger partial charge in [-0.1, -0.05) is 19.3 Å². The number of aromatic nitrogens is 4. The summed E-state index contributed by atoms with van der Waals surface area (Å²) in [7, 11) is 1.89. The Hall–Kier alpha value is -2.18. The van der Waals surface area contributed by atoms with Gasteiger partial charge in [-0.05, 0) is 18.8 Å². The minimum atomic E-state index is 0.334. The Balaban J connectivity index is 1.38. The minimum absolute atomic E-state index is 0.334. The van der Waals surface area contributed by atoms with Crippen LogP contribution in [0.1, 0.15) is 38.5 Å². The molecule has 1 aliphatic carbocycles. The van der Waals surface area contributed by atoms with Crippen LogP contribution in [0, 0.1) is 5.92 Å². The van der Waals surface area contributed by atoms with E-state index < -0.39 is 0 Å². The number of carbonyl (C=O) groups excluding carboxylic acids is 1. The van der Waals surface area contributed by atoms with E-state index in [1.165, 1.54) is 32.1 Å². The van der Waals surface area contributed by atoms with Crippen LogP contribution in [0.4, 0.5) is 5.82 Å². The van der Waals surface area contributed by atoms with Gasteiger partial charge in [-0.15, -0.1) is 0 Å². The van der Waals surface area contributed by atoms with Crippen molar-refractivity contribution >= 4 is 22.8 Å². The first-order valence-electron chi connectivity index (χ1n) is 9.38. The highest BCUT2D eigenvalue weighted by Crippen LogP contribution is 2.27. The molecule has 25 heavy (non-hydrogen) atoms. The Morgan fingerprint density at radius 3 is 2.64 bits per heavy atom. The number of nitrogens with zero attached hydrogens (tertiary/aromatic N) is 6. The molecule has 134 valence electrons. The molecule has 2 fully saturated rings. The molecule has 7 nitrogen and oxygen atoms in total. The summed E-state index contributed by atoms with van der Waals surface area (Å²) in [6.07, 6.45) is 10.5. The lowest BCUT2D eigenvalue weighted by Gasteiger charge is -2.36. The lowest BCUT2D eigenvalue weighted by molar-refractivity contribution is -0.132. The molecule has 0 aromatic carbocycles. The van der Waals surface area contributed by atoms with E-state index >= 15 is 0 Å². The largest absolute Gasteiger partial charge is 0.352 e. The van der Waals surface area contributed by atoms with Gasteiger partial charge in [0.1, 0.15) is 12.1 Å². The summed E-state index contributed by atoms with van der Waals surface area (Å²) in [4.78, 5) is 25.6. The molecule has 2 aliphatic rings. The smallest absolute Gasteiger partial charge is 0.222 e. The maximum absolute atomic E-state index is 12.6. The molecule has 0 radical (unpaired) electrons. The number of piperazine rings is 1. The Morgan fingerprint density at radius 2 is 1.88 bits per heavy atom. The Kier molecular flexibility index (Phi) is 4.55. The van der Waals surface area contributed by atoms with Gasteiger partial charge in [0.05, 0.1) is 11.6 Å². The first-order valence-corrected chi connectivity index (χ1v) is 9.38. The molecule has 2 aromatic rings. The fourth-order valence-electron chi connectivity index (χ4n) is 4.14. The molecule has 2 aromatic heterocycles. The first kappa shape index (κ1) is 16.3. The van der Waals surface area contributed by atoms with E-state index in [0.717, 1.165) is 49.5 Å². The van der Waals surface area contributed by atoms with Crippen molar-refractivity contribution in [3.05, 3.63) is 12.5 Å². The molecular weight excluding hydrogens is 316 g/mol. The van der Waals surface area contributed by atoms with Gasteiger partial charge >= 0.3 is 0 Å². The molecule has 0 N–H and O–H groups in total. The third kappa shape index (κ3) is 3.32. The highest BCUT2D eigenvalue weighted by Gasteiger charge is 2.26. The van der Waals surface area contributed by atoms with Crippen molar-refractivity contribution in [2.24, 2.45) is 13.0 Å². The Morgan fingerprint density at radius 1 is 1.12 bits per heavy atom.